The lowest BCUT2D eigenvalue weighted by molar-refractivity contribution is -0.124. The van der Waals surface area contributed by atoms with Gasteiger partial charge in [-0.25, -0.2) is 4.79 Å². The van der Waals surface area contributed by atoms with Crippen molar-refractivity contribution in [1.82, 2.24) is 15.5 Å². The van der Waals surface area contributed by atoms with Crippen molar-refractivity contribution in [2.24, 2.45) is 0 Å². The maximum atomic E-state index is 11.9. The largest absolute Gasteiger partial charge is 0.341 e. The van der Waals surface area contributed by atoms with Gasteiger partial charge in [-0.3, -0.25) is 15.0 Å². The van der Waals surface area contributed by atoms with Crippen molar-refractivity contribution in [2.45, 2.75) is 45.7 Å². The lowest BCUT2D eigenvalue weighted by Crippen LogP contribution is -2.47. The zero-order valence-electron chi connectivity index (χ0n) is 14.4. The molecule has 1 atom stereocenters. The Morgan fingerprint density at radius 2 is 1.73 bits per heavy atom. The first-order valence-corrected chi connectivity index (χ1v) is 7.47. The summed E-state index contributed by atoms with van der Waals surface area (Å²) in [5, 5.41) is 4.66. The van der Waals surface area contributed by atoms with Gasteiger partial charge in [0, 0.05) is 13.6 Å². The normalized spacial score (nSPS) is 12.9. The topological polar surface area (TPSA) is 61.4 Å². The van der Waals surface area contributed by atoms with Gasteiger partial charge in [0.15, 0.2) is 0 Å². The zero-order chi connectivity index (χ0) is 16.9. The number of hydrogen-bond acceptors (Lipinski definition) is 3. The van der Waals surface area contributed by atoms with Crippen molar-refractivity contribution < 1.29 is 9.59 Å². The minimum absolute atomic E-state index is 0.130. The second-order valence-electron chi connectivity index (χ2n) is 6.61. The molecule has 0 heterocycles. The minimum atomic E-state index is -0.486. The van der Waals surface area contributed by atoms with E-state index in [0.29, 0.717) is 6.54 Å². The maximum Gasteiger partial charge on any atom is 0.321 e. The quantitative estimate of drug-likeness (QED) is 0.897. The highest BCUT2D eigenvalue weighted by atomic mass is 16.2. The number of urea groups is 1. The van der Waals surface area contributed by atoms with Crippen LogP contribution in [0.5, 0.6) is 0 Å². The second kappa shape index (κ2) is 7.40. The first-order chi connectivity index (χ1) is 10.1. The molecule has 0 bridgehead atoms. The Hall–Kier alpha value is -1.88. The molecular formula is C17H27N3O2. The van der Waals surface area contributed by atoms with E-state index >= 15 is 0 Å². The van der Waals surface area contributed by atoms with Crippen LogP contribution in [0.3, 0.4) is 0 Å². The van der Waals surface area contributed by atoms with Crippen molar-refractivity contribution in [3.8, 4) is 0 Å². The molecule has 1 aromatic carbocycles. The molecule has 5 heteroatoms. The van der Waals surface area contributed by atoms with Gasteiger partial charge in [-0.15, -0.1) is 0 Å². The van der Waals surface area contributed by atoms with Gasteiger partial charge in [0.25, 0.3) is 0 Å². The molecule has 1 aromatic rings. The smallest absolute Gasteiger partial charge is 0.321 e. The van der Waals surface area contributed by atoms with E-state index < -0.39 is 6.03 Å². The molecule has 0 radical (unpaired) electrons. The predicted molar refractivity (Wildman–Crippen MR) is 88.7 cm³/mol. The lowest BCUT2D eigenvalue weighted by atomic mass is 9.87. The van der Waals surface area contributed by atoms with Crippen molar-refractivity contribution >= 4 is 11.9 Å². The first-order valence-electron chi connectivity index (χ1n) is 7.47. The van der Waals surface area contributed by atoms with Crippen LogP contribution < -0.4 is 10.6 Å². The van der Waals surface area contributed by atoms with E-state index in [1.54, 1.807) is 6.92 Å². The monoisotopic (exact) mass is 305 g/mol. The highest BCUT2D eigenvalue weighted by Gasteiger charge is 2.20. The Balaban J connectivity index is 2.66. The maximum absolute atomic E-state index is 11.9. The number of likely N-dealkylation sites (N-methyl/N-ethyl adjacent to an activating group) is 1. The molecule has 2 N–H and O–H groups in total. The van der Waals surface area contributed by atoms with Gasteiger partial charge in [-0.2, -0.15) is 0 Å². The lowest BCUT2D eigenvalue weighted by Gasteiger charge is -2.24. The van der Waals surface area contributed by atoms with Crippen molar-refractivity contribution in [2.75, 3.05) is 14.1 Å². The average molecular weight is 305 g/mol. The fourth-order valence-electron chi connectivity index (χ4n) is 2.01. The van der Waals surface area contributed by atoms with Crippen LogP contribution in [0.15, 0.2) is 24.3 Å². The van der Waals surface area contributed by atoms with Crippen molar-refractivity contribution in [1.29, 1.82) is 0 Å². The fourth-order valence-corrected chi connectivity index (χ4v) is 2.01. The summed E-state index contributed by atoms with van der Waals surface area (Å²) in [6, 6.07) is 7.54. The number of hydrogen-bond donors (Lipinski definition) is 2. The van der Waals surface area contributed by atoms with Gasteiger partial charge in [-0.05, 0) is 30.5 Å². The van der Waals surface area contributed by atoms with E-state index in [9.17, 15) is 9.59 Å². The van der Waals surface area contributed by atoms with Crippen molar-refractivity contribution in [3.05, 3.63) is 35.4 Å². The van der Waals surface area contributed by atoms with Crippen LogP contribution >= 0.6 is 0 Å². The summed E-state index contributed by atoms with van der Waals surface area (Å²) >= 11 is 0. The van der Waals surface area contributed by atoms with Crippen LogP contribution in [-0.4, -0.2) is 37.0 Å². The average Bonchev–Trinajstić information content (AvgIpc) is 2.45. The number of benzene rings is 1. The molecule has 0 unspecified atom stereocenters. The Morgan fingerprint density at radius 3 is 2.18 bits per heavy atom. The molecule has 0 saturated carbocycles. The Labute approximate surface area is 133 Å². The van der Waals surface area contributed by atoms with E-state index in [2.05, 4.69) is 55.7 Å². The van der Waals surface area contributed by atoms with Gasteiger partial charge >= 0.3 is 6.03 Å². The van der Waals surface area contributed by atoms with Gasteiger partial charge in [-0.1, -0.05) is 45.0 Å². The Bertz CT molecular complexity index is 518. The van der Waals surface area contributed by atoms with Crippen LogP contribution in [0.1, 0.15) is 38.8 Å². The molecule has 5 nitrogen and oxygen atoms in total. The molecule has 122 valence electrons. The van der Waals surface area contributed by atoms with E-state index in [1.807, 2.05) is 11.9 Å². The standard InChI is InChI=1S/C17H27N3O2/c1-12(15(21)19-16(22)18-5)20(6)11-13-7-9-14(10-8-13)17(2,3)4/h7-10,12H,11H2,1-6H3,(H2,18,19,21,22)/t12-/m1/s1. The molecule has 22 heavy (non-hydrogen) atoms. The number of nitrogens with one attached hydrogen (secondary N) is 2. The minimum Gasteiger partial charge on any atom is -0.341 e. The van der Waals surface area contributed by atoms with Crippen LogP contribution in [-0.2, 0) is 16.8 Å². The molecule has 0 spiro atoms. The molecule has 1 rings (SSSR count). The van der Waals surface area contributed by atoms with Crippen LogP contribution in [0.2, 0.25) is 0 Å². The third kappa shape index (κ3) is 5.15. The van der Waals surface area contributed by atoms with Crippen LogP contribution in [0, 0.1) is 0 Å². The highest BCUT2D eigenvalue weighted by Crippen LogP contribution is 2.22. The summed E-state index contributed by atoms with van der Waals surface area (Å²) in [4.78, 5) is 25.0. The predicted octanol–water partition coefficient (Wildman–Crippen LogP) is 2.26. The summed E-state index contributed by atoms with van der Waals surface area (Å²) in [7, 11) is 3.35. The molecule has 0 aliphatic carbocycles. The van der Waals surface area contributed by atoms with Gasteiger partial charge in [0.1, 0.15) is 0 Å². The van der Waals surface area contributed by atoms with Crippen LogP contribution in [0.4, 0.5) is 4.79 Å². The summed E-state index contributed by atoms with van der Waals surface area (Å²) in [6.07, 6.45) is 0. The Kier molecular flexibility index (Phi) is 6.11. The van der Waals surface area contributed by atoms with E-state index in [0.717, 1.165) is 5.56 Å². The zero-order valence-corrected chi connectivity index (χ0v) is 14.4. The molecule has 0 saturated heterocycles. The summed E-state index contributed by atoms with van der Waals surface area (Å²) < 4.78 is 0. The van der Waals surface area contributed by atoms with Gasteiger partial charge < -0.3 is 5.32 Å². The molecular weight excluding hydrogens is 278 g/mol. The molecule has 0 aliphatic heterocycles. The third-order valence-corrected chi connectivity index (χ3v) is 3.76. The second-order valence-corrected chi connectivity index (χ2v) is 6.61. The summed E-state index contributed by atoms with van der Waals surface area (Å²) in [5.41, 5.74) is 2.55. The number of carbonyl (C=O) groups excluding carboxylic acids is 2. The van der Waals surface area contributed by atoms with Crippen LogP contribution in [0.25, 0.3) is 0 Å². The summed E-state index contributed by atoms with van der Waals surface area (Å²) in [5.74, 6) is -0.312. The number of imide groups is 1. The van der Waals surface area contributed by atoms with E-state index in [4.69, 9.17) is 0 Å². The van der Waals surface area contributed by atoms with E-state index in [-0.39, 0.29) is 17.4 Å². The van der Waals surface area contributed by atoms with Gasteiger partial charge in [0.05, 0.1) is 6.04 Å². The molecule has 0 fully saturated rings. The number of rotatable bonds is 4. The molecule has 3 amide bonds. The Morgan fingerprint density at radius 1 is 1.18 bits per heavy atom. The summed E-state index contributed by atoms with van der Waals surface area (Å²) in [6.45, 7) is 8.96. The van der Waals surface area contributed by atoms with Gasteiger partial charge in [0.2, 0.25) is 5.91 Å². The first kappa shape index (κ1) is 18.2. The van der Waals surface area contributed by atoms with E-state index in [1.165, 1.54) is 12.6 Å². The highest BCUT2D eigenvalue weighted by molar-refractivity contribution is 5.96. The third-order valence-electron chi connectivity index (χ3n) is 3.76. The molecule has 0 aliphatic rings. The number of nitrogens with zero attached hydrogens (tertiary/aromatic N) is 1. The SMILES string of the molecule is CNC(=O)NC(=O)[C@@H](C)N(C)Cc1ccc(C(C)(C)C)cc1. The fraction of sp³-hybridized carbons (Fsp3) is 0.529. The molecule has 0 aromatic heterocycles. The number of amides is 3. The number of carbonyl (C=O) groups is 2. The van der Waals surface area contributed by atoms with Crippen molar-refractivity contribution in [3.63, 3.8) is 0 Å².